The molecule has 0 aromatic heterocycles. The van der Waals surface area contributed by atoms with Gasteiger partial charge in [-0.05, 0) is 24.6 Å². The topological polar surface area (TPSA) is 89.7 Å². The Hall–Kier alpha value is -1.51. The SMILES string of the molecule is COC1CCN(C(=O)c2ccc(F)c(S(N)(=O)=O)c2)C1. The third-order valence-electron chi connectivity index (χ3n) is 3.25. The molecule has 2 rings (SSSR count). The van der Waals surface area contributed by atoms with Crippen LogP contribution in [0.3, 0.4) is 0 Å². The van der Waals surface area contributed by atoms with Crippen LogP contribution in [-0.2, 0) is 14.8 Å². The fourth-order valence-electron chi connectivity index (χ4n) is 2.14. The Morgan fingerprint density at radius 2 is 2.20 bits per heavy atom. The monoisotopic (exact) mass is 302 g/mol. The summed E-state index contributed by atoms with van der Waals surface area (Å²) in [7, 11) is -2.63. The van der Waals surface area contributed by atoms with Crippen LogP contribution in [0.1, 0.15) is 16.8 Å². The zero-order chi connectivity index (χ0) is 14.9. The number of methoxy groups -OCH3 is 1. The van der Waals surface area contributed by atoms with Gasteiger partial charge in [-0.2, -0.15) is 0 Å². The van der Waals surface area contributed by atoms with Crippen molar-refractivity contribution in [1.29, 1.82) is 0 Å². The molecule has 1 aliphatic heterocycles. The van der Waals surface area contributed by atoms with Gasteiger partial charge in [-0.3, -0.25) is 4.79 Å². The van der Waals surface area contributed by atoms with Gasteiger partial charge in [0.15, 0.2) is 0 Å². The zero-order valence-corrected chi connectivity index (χ0v) is 11.7. The van der Waals surface area contributed by atoms with Crippen LogP contribution in [0, 0.1) is 5.82 Å². The number of halogens is 1. The number of carbonyl (C=O) groups is 1. The number of ether oxygens (including phenoxy) is 1. The van der Waals surface area contributed by atoms with Gasteiger partial charge in [-0.25, -0.2) is 17.9 Å². The van der Waals surface area contributed by atoms with Crippen molar-refractivity contribution >= 4 is 15.9 Å². The summed E-state index contributed by atoms with van der Waals surface area (Å²) in [6.07, 6.45) is 0.683. The molecule has 2 N–H and O–H groups in total. The number of amides is 1. The van der Waals surface area contributed by atoms with Crippen LogP contribution in [-0.4, -0.2) is 45.5 Å². The normalized spacial score (nSPS) is 19.4. The van der Waals surface area contributed by atoms with Crippen molar-refractivity contribution in [3.05, 3.63) is 29.6 Å². The van der Waals surface area contributed by atoms with Crippen LogP contribution in [0.5, 0.6) is 0 Å². The summed E-state index contributed by atoms with van der Waals surface area (Å²) in [5, 5.41) is 4.91. The lowest BCUT2D eigenvalue weighted by Crippen LogP contribution is -2.30. The van der Waals surface area contributed by atoms with Gasteiger partial charge in [0, 0.05) is 25.8 Å². The third-order valence-corrected chi connectivity index (χ3v) is 4.18. The van der Waals surface area contributed by atoms with E-state index in [1.165, 1.54) is 11.0 Å². The molecule has 1 saturated heterocycles. The maximum atomic E-state index is 13.4. The fourth-order valence-corrected chi connectivity index (χ4v) is 2.77. The molecule has 0 bridgehead atoms. The number of likely N-dealkylation sites (tertiary alicyclic amines) is 1. The van der Waals surface area contributed by atoms with E-state index in [2.05, 4.69) is 0 Å². The van der Waals surface area contributed by atoms with E-state index in [-0.39, 0.29) is 17.6 Å². The molecular weight excluding hydrogens is 287 g/mol. The average molecular weight is 302 g/mol. The lowest BCUT2D eigenvalue weighted by Gasteiger charge is -2.16. The first-order valence-electron chi connectivity index (χ1n) is 5.97. The summed E-state index contributed by atoms with van der Waals surface area (Å²) >= 11 is 0. The number of rotatable bonds is 3. The molecule has 1 aliphatic rings. The molecule has 1 atom stereocenters. The lowest BCUT2D eigenvalue weighted by atomic mass is 10.2. The van der Waals surface area contributed by atoms with E-state index in [1.54, 1.807) is 7.11 Å². The predicted octanol–water partition coefficient (Wildman–Crippen LogP) is 0.334. The molecule has 8 heteroatoms. The summed E-state index contributed by atoms with van der Waals surface area (Å²) in [6, 6.07) is 3.14. The van der Waals surface area contributed by atoms with E-state index in [1.807, 2.05) is 0 Å². The van der Waals surface area contributed by atoms with E-state index in [4.69, 9.17) is 9.88 Å². The van der Waals surface area contributed by atoms with Crippen molar-refractivity contribution in [2.24, 2.45) is 5.14 Å². The van der Waals surface area contributed by atoms with E-state index in [9.17, 15) is 17.6 Å². The molecule has 0 spiro atoms. The van der Waals surface area contributed by atoms with Gasteiger partial charge in [0.2, 0.25) is 10.0 Å². The van der Waals surface area contributed by atoms with E-state index < -0.39 is 20.7 Å². The average Bonchev–Trinajstić information content (AvgIpc) is 2.86. The Balaban J connectivity index is 2.28. The largest absolute Gasteiger partial charge is 0.380 e. The summed E-state index contributed by atoms with van der Waals surface area (Å²) in [6.45, 7) is 0.941. The number of carbonyl (C=O) groups excluding carboxylic acids is 1. The summed E-state index contributed by atoms with van der Waals surface area (Å²) < 4.78 is 41.1. The van der Waals surface area contributed by atoms with Gasteiger partial charge in [0.25, 0.3) is 5.91 Å². The van der Waals surface area contributed by atoms with Gasteiger partial charge in [-0.1, -0.05) is 0 Å². The number of nitrogens with zero attached hydrogens (tertiary/aromatic N) is 1. The molecule has 1 amide bonds. The second-order valence-electron chi connectivity index (χ2n) is 4.59. The quantitative estimate of drug-likeness (QED) is 0.871. The summed E-state index contributed by atoms with van der Waals surface area (Å²) in [5.41, 5.74) is 0.0900. The highest BCUT2D eigenvalue weighted by molar-refractivity contribution is 7.89. The predicted molar refractivity (Wildman–Crippen MR) is 69.1 cm³/mol. The highest BCUT2D eigenvalue weighted by atomic mass is 32.2. The maximum Gasteiger partial charge on any atom is 0.253 e. The van der Waals surface area contributed by atoms with Crippen LogP contribution in [0.4, 0.5) is 4.39 Å². The standard InChI is InChI=1S/C12H15FN2O4S/c1-19-9-4-5-15(7-9)12(16)8-2-3-10(13)11(6-8)20(14,17)18/h2-3,6,9H,4-5,7H2,1H3,(H2,14,17,18). The highest BCUT2D eigenvalue weighted by Gasteiger charge is 2.27. The molecule has 110 valence electrons. The Kier molecular flexibility index (Phi) is 4.07. The molecule has 1 heterocycles. The molecule has 0 aliphatic carbocycles. The second-order valence-corrected chi connectivity index (χ2v) is 6.12. The third kappa shape index (κ3) is 2.97. The lowest BCUT2D eigenvalue weighted by molar-refractivity contribution is 0.0724. The highest BCUT2D eigenvalue weighted by Crippen LogP contribution is 2.19. The van der Waals surface area contributed by atoms with Crippen molar-refractivity contribution in [2.45, 2.75) is 17.4 Å². The Bertz CT molecular complexity index is 632. The number of benzene rings is 1. The molecular formula is C12H15FN2O4S. The van der Waals surface area contributed by atoms with E-state index in [0.29, 0.717) is 19.5 Å². The Morgan fingerprint density at radius 3 is 2.75 bits per heavy atom. The zero-order valence-electron chi connectivity index (χ0n) is 10.9. The molecule has 1 aromatic carbocycles. The molecule has 1 fully saturated rings. The van der Waals surface area contributed by atoms with Crippen LogP contribution in [0.2, 0.25) is 0 Å². The van der Waals surface area contributed by atoms with Crippen molar-refractivity contribution < 1.29 is 22.3 Å². The van der Waals surface area contributed by atoms with Crippen molar-refractivity contribution in [1.82, 2.24) is 4.90 Å². The van der Waals surface area contributed by atoms with Crippen LogP contribution >= 0.6 is 0 Å². The number of nitrogens with two attached hydrogens (primary N) is 1. The minimum Gasteiger partial charge on any atom is -0.380 e. The molecule has 6 nitrogen and oxygen atoms in total. The van der Waals surface area contributed by atoms with Gasteiger partial charge >= 0.3 is 0 Å². The first kappa shape index (κ1) is 14.9. The molecule has 0 saturated carbocycles. The number of sulfonamides is 1. The molecule has 20 heavy (non-hydrogen) atoms. The van der Waals surface area contributed by atoms with E-state index >= 15 is 0 Å². The molecule has 1 aromatic rings. The van der Waals surface area contributed by atoms with Gasteiger partial charge in [0.05, 0.1) is 6.10 Å². The minimum absolute atomic E-state index is 0.0305. The first-order chi connectivity index (χ1) is 9.32. The van der Waals surface area contributed by atoms with Crippen LogP contribution in [0.25, 0.3) is 0 Å². The Labute approximate surface area is 116 Å². The first-order valence-corrected chi connectivity index (χ1v) is 7.52. The van der Waals surface area contributed by atoms with Crippen molar-refractivity contribution in [2.75, 3.05) is 20.2 Å². The minimum atomic E-state index is -4.20. The number of hydrogen-bond acceptors (Lipinski definition) is 4. The van der Waals surface area contributed by atoms with Gasteiger partial charge in [0.1, 0.15) is 10.7 Å². The van der Waals surface area contributed by atoms with Crippen molar-refractivity contribution in [3.63, 3.8) is 0 Å². The summed E-state index contributed by atoms with van der Waals surface area (Å²) in [5.74, 6) is -1.34. The summed E-state index contributed by atoms with van der Waals surface area (Å²) in [4.78, 5) is 13.1. The molecule has 0 radical (unpaired) electrons. The van der Waals surface area contributed by atoms with Crippen LogP contribution < -0.4 is 5.14 Å². The number of primary sulfonamides is 1. The maximum absolute atomic E-state index is 13.4. The Morgan fingerprint density at radius 1 is 1.50 bits per heavy atom. The smallest absolute Gasteiger partial charge is 0.253 e. The van der Waals surface area contributed by atoms with Gasteiger partial charge in [-0.15, -0.1) is 0 Å². The van der Waals surface area contributed by atoms with E-state index in [0.717, 1.165) is 12.1 Å². The van der Waals surface area contributed by atoms with Gasteiger partial charge < -0.3 is 9.64 Å². The number of hydrogen-bond donors (Lipinski definition) is 1. The second kappa shape index (κ2) is 5.47. The van der Waals surface area contributed by atoms with Crippen molar-refractivity contribution in [3.8, 4) is 0 Å². The fraction of sp³-hybridized carbons (Fsp3) is 0.417. The molecule has 1 unspecified atom stereocenters. The van der Waals surface area contributed by atoms with Crippen LogP contribution in [0.15, 0.2) is 23.1 Å².